The van der Waals surface area contributed by atoms with E-state index >= 15 is 0 Å². The predicted octanol–water partition coefficient (Wildman–Crippen LogP) is 7.14. The molecule has 1 saturated carbocycles. The van der Waals surface area contributed by atoms with Crippen LogP contribution in [0.5, 0.6) is 0 Å². The summed E-state index contributed by atoms with van der Waals surface area (Å²) in [4.78, 5) is 0. The number of hydrogen-bond acceptors (Lipinski definition) is 0. The molecule has 2 aliphatic carbocycles. The van der Waals surface area contributed by atoms with E-state index in [1.54, 1.807) is 11.1 Å². The quantitative estimate of drug-likeness (QED) is 0.487. The Morgan fingerprint density at radius 3 is 2.38 bits per heavy atom. The highest BCUT2D eigenvalue weighted by Gasteiger charge is 2.32. The monoisotopic (exact) mass is 364 g/mol. The number of allylic oxidation sites excluding steroid dienone is 6. The molecule has 1 fully saturated rings. The van der Waals surface area contributed by atoms with Crippen molar-refractivity contribution >= 4 is 14.7 Å². The van der Waals surface area contributed by atoms with E-state index in [2.05, 4.69) is 84.8 Å². The molecule has 0 atom stereocenters. The molecule has 3 rings (SSSR count). The Morgan fingerprint density at radius 2 is 1.69 bits per heavy atom. The summed E-state index contributed by atoms with van der Waals surface area (Å²) in [6.45, 7) is 9.52. The third-order valence-corrected chi connectivity index (χ3v) is 6.05. The van der Waals surface area contributed by atoms with Gasteiger partial charge in [0.2, 0.25) is 0 Å². The molecule has 1 aromatic carbocycles. The largest absolute Gasteiger partial charge is 0.127 e. The van der Waals surface area contributed by atoms with Gasteiger partial charge in [0.05, 0.1) is 0 Å². The fraction of sp³-hybridized carbons (Fsp3) is 0.480. The molecule has 0 amide bonds. The number of hydrogen-bond donors (Lipinski definition) is 0. The van der Waals surface area contributed by atoms with Crippen LogP contribution in [0.2, 0.25) is 0 Å². The van der Waals surface area contributed by atoms with E-state index in [1.165, 1.54) is 36.0 Å². The molecule has 0 aliphatic heterocycles. The van der Waals surface area contributed by atoms with Gasteiger partial charge in [-0.3, -0.25) is 0 Å². The topological polar surface area (TPSA) is 0 Å². The standard InChI is InChI=1S/C25H33P/c1-24(2)17-21(15-20-11-9-19(10-12-20)7-6-14-26)16-22-8-5-13-25(3,4)23(22)18-24/h9-12,14,16-18,26H,5-8,13,15H2,1-4H3. The predicted molar refractivity (Wildman–Crippen MR) is 119 cm³/mol. The van der Waals surface area contributed by atoms with Gasteiger partial charge in [-0.05, 0) is 71.8 Å². The van der Waals surface area contributed by atoms with E-state index in [4.69, 9.17) is 0 Å². The number of aryl methyl sites for hydroxylation is 1. The summed E-state index contributed by atoms with van der Waals surface area (Å²) >= 11 is 0. The van der Waals surface area contributed by atoms with Crippen molar-refractivity contribution in [1.82, 2.24) is 0 Å². The van der Waals surface area contributed by atoms with Crippen LogP contribution in [0.15, 0.2) is 59.2 Å². The first kappa shape index (κ1) is 19.4. The summed E-state index contributed by atoms with van der Waals surface area (Å²) in [7, 11) is 3.44. The lowest BCUT2D eigenvalue weighted by molar-refractivity contribution is 0.365. The van der Waals surface area contributed by atoms with Crippen LogP contribution in [0, 0.1) is 10.8 Å². The van der Waals surface area contributed by atoms with Crippen molar-refractivity contribution in [2.75, 3.05) is 0 Å². The molecule has 0 nitrogen and oxygen atoms in total. The molecule has 0 heterocycles. The highest BCUT2D eigenvalue weighted by Crippen LogP contribution is 2.47. The molecule has 2 aliphatic rings. The van der Waals surface area contributed by atoms with Gasteiger partial charge in [0.15, 0.2) is 0 Å². The van der Waals surface area contributed by atoms with Crippen LogP contribution in [-0.4, -0.2) is 5.80 Å². The van der Waals surface area contributed by atoms with E-state index < -0.39 is 0 Å². The first-order valence-electron chi connectivity index (χ1n) is 10.0. The van der Waals surface area contributed by atoms with Gasteiger partial charge in [0.1, 0.15) is 0 Å². The maximum Gasteiger partial charge on any atom is 0.00165 e. The van der Waals surface area contributed by atoms with Gasteiger partial charge in [-0.15, -0.1) is 8.86 Å². The second-order valence-corrected chi connectivity index (χ2v) is 9.65. The van der Waals surface area contributed by atoms with E-state index in [9.17, 15) is 0 Å². The third-order valence-electron chi connectivity index (χ3n) is 5.76. The molecule has 1 heteroatoms. The highest BCUT2D eigenvalue weighted by molar-refractivity contribution is 7.18. The maximum absolute atomic E-state index is 3.44. The molecule has 26 heavy (non-hydrogen) atoms. The highest BCUT2D eigenvalue weighted by atomic mass is 31.0. The zero-order chi connectivity index (χ0) is 18.8. The second-order valence-electron chi connectivity index (χ2n) is 9.24. The van der Waals surface area contributed by atoms with Crippen LogP contribution >= 0.6 is 8.86 Å². The Morgan fingerprint density at radius 1 is 1.00 bits per heavy atom. The molecule has 0 saturated heterocycles. The molecule has 0 N–H and O–H groups in total. The minimum Gasteiger partial charge on any atom is -0.127 e. The van der Waals surface area contributed by atoms with Gasteiger partial charge in [-0.2, -0.15) is 0 Å². The Kier molecular flexibility index (Phi) is 5.73. The van der Waals surface area contributed by atoms with Crippen LogP contribution in [0.1, 0.15) is 64.5 Å². The lowest BCUT2D eigenvalue weighted by atomic mass is 9.69. The first-order valence-corrected chi connectivity index (χ1v) is 10.6. The van der Waals surface area contributed by atoms with E-state index in [0.717, 1.165) is 19.3 Å². The summed E-state index contributed by atoms with van der Waals surface area (Å²) in [5.74, 6) is 2.05. The number of rotatable bonds is 5. The Hall–Kier alpha value is -1.39. The summed E-state index contributed by atoms with van der Waals surface area (Å²) < 4.78 is 0. The van der Waals surface area contributed by atoms with Crippen molar-refractivity contribution in [3.05, 3.63) is 70.3 Å². The fourth-order valence-electron chi connectivity index (χ4n) is 4.42. The zero-order valence-corrected chi connectivity index (χ0v) is 17.9. The second kappa shape index (κ2) is 7.69. The normalized spacial score (nSPS) is 21.0. The third kappa shape index (κ3) is 4.66. The molecule has 0 spiro atoms. The van der Waals surface area contributed by atoms with Crippen LogP contribution < -0.4 is 0 Å². The zero-order valence-electron chi connectivity index (χ0n) is 16.9. The van der Waals surface area contributed by atoms with Crippen molar-refractivity contribution < 1.29 is 0 Å². The molecule has 138 valence electrons. The van der Waals surface area contributed by atoms with Gasteiger partial charge in [0, 0.05) is 5.41 Å². The maximum atomic E-state index is 3.44. The van der Waals surface area contributed by atoms with E-state index in [-0.39, 0.29) is 5.41 Å². The Bertz CT molecular complexity index is 754. The Labute approximate surface area is 162 Å². The summed E-state index contributed by atoms with van der Waals surface area (Å²) in [5.41, 5.74) is 7.86. The fourth-order valence-corrected chi connectivity index (χ4v) is 4.56. The molecule has 0 unspecified atom stereocenters. The summed E-state index contributed by atoms with van der Waals surface area (Å²) in [5, 5.41) is 0. The van der Waals surface area contributed by atoms with Crippen LogP contribution in [-0.2, 0) is 12.8 Å². The van der Waals surface area contributed by atoms with Crippen LogP contribution in [0.3, 0.4) is 0 Å². The average molecular weight is 365 g/mol. The molecular formula is C25H33P. The minimum atomic E-state index is 0.114. The van der Waals surface area contributed by atoms with E-state index in [0.29, 0.717) is 5.41 Å². The first-order chi connectivity index (χ1) is 12.3. The van der Waals surface area contributed by atoms with Crippen molar-refractivity contribution in [2.45, 2.75) is 66.2 Å². The SMILES string of the molecule is CC1(C)C=C(Cc2ccc(CCC=P)cc2)C=C2CCCC(C)(C)C2=C1. The number of fused-ring (bicyclic) bond motifs is 1. The molecule has 0 radical (unpaired) electrons. The van der Waals surface area contributed by atoms with Gasteiger partial charge in [-0.25, -0.2) is 0 Å². The van der Waals surface area contributed by atoms with Crippen LogP contribution in [0.25, 0.3) is 0 Å². The average Bonchev–Trinajstić information content (AvgIpc) is 2.70. The smallest absolute Gasteiger partial charge is 0.00165 e. The minimum absolute atomic E-state index is 0.114. The lowest BCUT2D eigenvalue weighted by Gasteiger charge is -2.36. The van der Waals surface area contributed by atoms with Crippen molar-refractivity contribution in [3.8, 4) is 0 Å². The van der Waals surface area contributed by atoms with Gasteiger partial charge >= 0.3 is 0 Å². The van der Waals surface area contributed by atoms with E-state index in [1.807, 2.05) is 0 Å². The molecular weight excluding hydrogens is 331 g/mol. The molecule has 1 aromatic rings. The molecule has 0 bridgehead atoms. The van der Waals surface area contributed by atoms with Crippen LogP contribution in [0.4, 0.5) is 0 Å². The van der Waals surface area contributed by atoms with Crippen molar-refractivity contribution in [2.24, 2.45) is 10.8 Å². The van der Waals surface area contributed by atoms with Gasteiger partial charge in [-0.1, -0.05) is 76.0 Å². The summed E-state index contributed by atoms with van der Waals surface area (Å²) in [6, 6.07) is 9.18. The van der Waals surface area contributed by atoms with Crippen molar-refractivity contribution in [1.29, 1.82) is 0 Å². The summed E-state index contributed by atoms with van der Waals surface area (Å²) in [6.07, 6.45) is 14.5. The lowest BCUT2D eigenvalue weighted by Crippen LogP contribution is -2.22. The number of benzene rings is 1. The molecule has 0 aromatic heterocycles. The van der Waals surface area contributed by atoms with Gasteiger partial charge < -0.3 is 0 Å². The van der Waals surface area contributed by atoms with Crippen molar-refractivity contribution in [3.63, 3.8) is 0 Å². The van der Waals surface area contributed by atoms with Gasteiger partial charge in [0.25, 0.3) is 0 Å². The Balaban J connectivity index is 1.84.